The third-order valence-electron chi connectivity index (χ3n) is 1.83. The third-order valence-corrected chi connectivity index (χ3v) is 1.83. The molecule has 0 radical (unpaired) electrons. The number of aldehydes is 1. The minimum atomic E-state index is -2.76. The van der Waals surface area contributed by atoms with Crippen LogP contribution < -0.4 is 11.5 Å². The second-order valence-electron chi connectivity index (χ2n) is 2.61. The average molecular weight is 201 g/mol. The van der Waals surface area contributed by atoms with Crippen LogP contribution >= 0.6 is 0 Å². The molecular formula is C8H9F2N3O. The fourth-order valence-electron chi connectivity index (χ4n) is 1.10. The van der Waals surface area contributed by atoms with Gasteiger partial charge in [-0.2, -0.15) is 0 Å². The van der Waals surface area contributed by atoms with E-state index < -0.39 is 12.1 Å². The van der Waals surface area contributed by atoms with E-state index in [-0.39, 0.29) is 23.4 Å². The normalized spacial score (nSPS) is 10.6. The van der Waals surface area contributed by atoms with E-state index in [1.807, 2.05) is 0 Å². The van der Waals surface area contributed by atoms with Crippen molar-refractivity contribution >= 4 is 12.0 Å². The van der Waals surface area contributed by atoms with E-state index in [1.165, 1.54) is 0 Å². The van der Waals surface area contributed by atoms with Crippen molar-refractivity contribution in [3.05, 3.63) is 23.0 Å². The molecule has 0 spiro atoms. The van der Waals surface area contributed by atoms with E-state index in [4.69, 9.17) is 11.5 Å². The number of carbonyl (C=O) groups is 1. The molecule has 1 aromatic heterocycles. The van der Waals surface area contributed by atoms with Crippen molar-refractivity contribution in [3.63, 3.8) is 0 Å². The number of halogens is 2. The maximum absolute atomic E-state index is 12.3. The predicted octanol–water partition coefficient (Wildman–Crippen LogP) is 0.873. The van der Waals surface area contributed by atoms with Crippen molar-refractivity contribution in [2.75, 3.05) is 5.73 Å². The van der Waals surface area contributed by atoms with Crippen LogP contribution in [0.1, 0.15) is 28.0 Å². The number of aromatic nitrogens is 1. The molecule has 1 aromatic rings. The van der Waals surface area contributed by atoms with Crippen LogP contribution in [-0.4, -0.2) is 11.3 Å². The molecule has 0 amide bonds. The lowest BCUT2D eigenvalue weighted by Gasteiger charge is -2.09. The largest absolute Gasteiger partial charge is 0.397 e. The molecule has 1 rings (SSSR count). The first-order chi connectivity index (χ1) is 6.61. The molecule has 0 fully saturated rings. The van der Waals surface area contributed by atoms with E-state index in [1.54, 1.807) is 0 Å². The van der Waals surface area contributed by atoms with Crippen LogP contribution in [0.25, 0.3) is 0 Å². The number of alkyl halides is 2. The number of anilines is 1. The van der Waals surface area contributed by atoms with E-state index in [0.717, 1.165) is 6.20 Å². The van der Waals surface area contributed by atoms with Crippen LogP contribution in [0.15, 0.2) is 6.20 Å². The van der Waals surface area contributed by atoms with Gasteiger partial charge in [0.15, 0.2) is 6.29 Å². The summed E-state index contributed by atoms with van der Waals surface area (Å²) in [5.41, 5.74) is 10.3. The lowest BCUT2D eigenvalue weighted by molar-refractivity contribution is 0.112. The van der Waals surface area contributed by atoms with Gasteiger partial charge in [-0.3, -0.25) is 9.78 Å². The highest BCUT2D eigenvalue weighted by molar-refractivity contribution is 5.80. The summed E-state index contributed by atoms with van der Waals surface area (Å²) < 4.78 is 24.6. The first-order valence-corrected chi connectivity index (χ1v) is 3.82. The number of nitrogens with two attached hydrogens (primary N) is 2. The maximum atomic E-state index is 12.3. The first-order valence-electron chi connectivity index (χ1n) is 3.82. The zero-order chi connectivity index (χ0) is 10.7. The molecule has 4 nitrogen and oxygen atoms in total. The zero-order valence-electron chi connectivity index (χ0n) is 7.21. The van der Waals surface area contributed by atoms with Crippen molar-refractivity contribution in [1.29, 1.82) is 0 Å². The van der Waals surface area contributed by atoms with Gasteiger partial charge in [-0.15, -0.1) is 0 Å². The summed E-state index contributed by atoms with van der Waals surface area (Å²) in [6, 6.07) is 0. The van der Waals surface area contributed by atoms with Gasteiger partial charge in [0.05, 0.1) is 5.69 Å². The number of rotatable bonds is 3. The molecule has 0 aliphatic heterocycles. The second-order valence-corrected chi connectivity index (χ2v) is 2.61. The molecule has 1 heterocycles. The summed E-state index contributed by atoms with van der Waals surface area (Å²) in [4.78, 5) is 13.9. The Kier molecular flexibility index (Phi) is 3.08. The Bertz CT molecular complexity index is 355. The maximum Gasteiger partial charge on any atom is 0.282 e. The Morgan fingerprint density at radius 1 is 1.57 bits per heavy atom. The third kappa shape index (κ3) is 1.69. The number of hydrogen-bond donors (Lipinski definition) is 2. The molecule has 6 heteroatoms. The summed E-state index contributed by atoms with van der Waals surface area (Å²) in [6.07, 6.45) is -1.23. The van der Waals surface area contributed by atoms with Crippen LogP contribution in [0.5, 0.6) is 0 Å². The summed E-state index contributed by atoms with van der Waals surface area (Å²) in [7, 11) is 0. The molecule has 4 N–H and O–H groups in total. The summed E-state index contributed by atoms with van der Waals surface area (Å²) in [5, 5.41) is 0. The average Bonchev–Trinajstić information content (AvgIpc) is 2.16. The van der Waals surface area contributed by atoms with E-state index >= 15 is 0 Å². The molecule has 0 aliphatic rings. The fourth-order valence-corrected chi connectivity index (χ4v) is 1.10. The molecule has 0 aliphatic carbocycles. The highest BCUT2D eigenvalue weighted by atomic mass is 19.3. The monoisotopic (exact) mass is 201 g/mol. The number of nitrogens with zero attached hydrogens (tertiary/aromatic N) is 1. The highest BCUT2D eigenvalue weighted by Gasteiger charge is 2.17. The standard InChI is InChI=1S/C8H9F2N3O/c9-8(10)7-6(12)5(1-11)4(3-14)2-13-7/h2-3,8H,1,11-12H2. The molecular weight excluding hydrogens is 192 g/mol. The zero-order valence-corrected chi connectivity index (χ0v) is 7.21. The Balaban J connectivity index is 3.34. The summed E-state index contributed by atoms with van der Waals surface area (Å²) in [6.45, 7) is -0.0673. The van der Waals surface area contributed by atoms with Gasteiger partial charge in [0, 0.05) is 23.9 Å². The topological polar surface area (TPSA) is 82.0 Å². The van der Waals surface area contributed by atoms with E-state index in [0.29, 0.717) is 6.29 Å². The quantitative estimate of drug-likeness (QED) is 0.711. The lowest BCUT2D eigenvalue weighted by Crippen LogP contribution is -2.10. The van der Waals surface area contributed by atoms with E-state index in [2.05, 4.69) is 4.98 Å². The van der Waals surface area contributed by atoms with E-state index in [9.17, 15) is 13.6 Å². The number of nitrogen functional groups attached to an aromatic ring is 1. The van der Waals surface area contributed by atoms with Crippen LogP contribution in [0.4, 0.5) is 14.5 Å². The summed E-state index contributed by atoms with van der Waals surface area (Å²) >= 11 is 0. The Hall–Kier alpha value is -1.56. The Labute approximate surface area is 78.9 Å². The van der Waals surface area contributed by atoms with Gasteiger partial charge >= 0.3 is 0 Å². The van der Waals surface area contributed by atoms with Crippen LogP contribution in [0.3, 0.4) is 0 Å². The van der Waals surface area contributed by atoms with Gasteiger partial charge in [-0.1, -0.05) is 0 Å². The van der Waals surface area contributed by atoms with Gasteiger partial charge in [0.2, 0.25) is 0 Å². The van der Waals surface area contributed by atoms with Gasteiger partial charge in [0.25, 0.3) is 6.43 Å². The first kappa shape index (κ1) is 10.5. The second kappa shape index (κ2) is 4.10. The molecule has 14 heavy (non-hydrogen) atoms. The van der Waals surface area contributed by atoms with Gasteiger partial charge in [-0.05, 0) is 0 Å². The van der Waals surface area contributed by atoms with Gasteiger partial charge < -0.3 is 11.5 Å². The number of carbonyl (C=O) groups excluding carboxylic acids is 1. The van der Waals surface area contributed by atoms with Crippen LogP contribution in [-0.2, 0) is 6.54 Å². The van der Waals surface area contributed by atoms with Crippen molar-refractivity contribution in [2.24, 2.45) is 5.73 Å². The Morgan fingerprint density at radius 3 is 2.64 bits per heavy atom. The minimum Gasteiger partial charge on any atom is -0.397 e. The SMILES string of the molecule is NCc1c(C=O)cnc(C(F)F)c1N. The molecule has 0 unspecified atom stereocenters. The van der Waals surface area contributed by atoms with Crippen LogP contribution in [0.2, 0.25) is 0 Å². The molecule has 0 saturated heterocycles. The molecule has 76 valence electrons. The van der Waals surface area contributed by atoms with Crippen LogP contribution in [0, 0.1) is 0 Å². The van der Waals surface area contributed by atoms with Gasteiger partial charge in [-0.25, -0.2) is 8.78 Å². The summed E-state index contributed by atoms with van der Waals surface area (Å²) in [5.74, 6) is 0. The molecule has 0 aromatic carbocycles. The molecule has 0 bridgehead atoms. The van der Waals surface area contributed by atoms with Crippen molar-refractivity contribution in [2.45, 2.75) is 13.0 Å². The van der Waals surface area contributed by atoms with Gasteiger partial charge in [0.1, 0.15) is 5.69 Å². The fraction of sp³-hybridized carbons (Fsp3) is 0.250. The highest BCUT2D eigenvalue weighted by Crippen LogP contribution is 2.26. The molecule has 0 atom stereocenters. The Morgan fingerprint density at radius 2 is 2.21 bits per heavy atom. The van der Waals surface area contributed by atoms with Crippen molar-refractivity contribution in [1.82, 2.24) is 4.98 Å². The minimum absolute atomic E-state index is 0.0673. The molecule has 0 saturated carbocycles. The number of pyridine rings is 1. The van der Waals surface area contributed by atoms with Crippen molar-refractivity contribution in [3.8, 4) is 0 Å². The predicted molar refractivity (Wildman–Crippen MR) is 46.9 cm³/mol. The smallest absolute Gasteiger partial charge is 0.282 e. The van der Waals surface area contributed by atoms with Crippen molar-refractivity contribution < 1.29 is 13.6 Å². The lowest BCUT2D eigenvalue weighted by atomic mass is 10.1. The number of hydrogen-bond acceptors (Lipinski definition) is 4.